The molecule has 7 nitrogen and oxygen atoms in total. The van der Waals surface area contributed by atoms with E-state index in [1.165, 1.54) is 0 Å². The van der Waals surface area contributed by atoms with E-state index >= 15 is 0 Å². The van der Waals surface area contributed by atoms with Gasteiger partial charge in [0.05, 0.1) is 34.0 Å². The average Bonchev–Trinajstić information content (AvgIpc) is 3.18. The number of rotatable bonds is 4. The molecule has 0 bridgehead atoms. The molecule has 0 aliphatic carbocycles. The minimum Gasteiger partial charge on any atom is -0.322 e. The van der Waals surface area contributed by atoms with Crippen molar-refractivity contribution in [2.75, 3.05) is 18.4 Å². The van der Waals surface area contributed by atoms with Crippen LogP contribution in [0.1, 0.15) is 29.4 Å². The molecule has 1 saturated heterocycles. The number of carbonyl (C=O) groups excluding carboxylic acids is 1. The van der Waals surface area contributed by atoms with Gasteiger partial charge in [-0.25, -0.2) is 0 Å². The van der Waals surface area contributed by atoms with Gasteiger partial charge in [0, 0.05) is 12.5 Å². The highest BCUT2D eigenvalue weighted by molar-refractivity contribution is 6.31. The molecule has 118 valence electrons. The molecule has 0 saturated carbocycles. The molecule has 3 heterocycles. The fourth-order valence-corrected chi connectivity index (χ4v) is 2.90. The predicted octanol–water partition coefficient (Wildman–Crippen LogP) is 1.59. The fraction of sp³-hybridized carbons (Fsp3) is 0.500. The highest BCUT2D eigenvalue weighted by atomic mass is 35.5. The quantitative estimate of drug-likeness (QED) is 0.797. The maximum absolute atomic E-state index is 12.2. The summed E-state index contributed by atoms with van der Waals surface area (Å²) in [5.74, 6) is 0.219. The summed E-state index contributed by atoms with van der Waals surface area (Å²) in [6.07, 6.45) is 2.69. The molecule has 1 amide bonds. The second kappa shape index (κ2) is 6.10. The topological polar surface area (TPSA) is 87.6 Å². The van der Waals surface area contributed by atoms with E-state index in [2.05, 4.69) is 25.9 Å². The first kappa shape index (κ1) is 15.1. The number of carbonyl (C=O) groups is 1. The summed E-state index contributed by atoms with van der Waals surface area (Å²) in [7, 11) is 0. The molecule has 3 rings (SSSR count). The lowest BCUT2D eigenvalue weighted by molar-refractivity contribution is -0.116. The number of hydrogen-bond donors (Lipinski definition) is 3. The second-order valence-corrected chi connectivity index (χ2v) is 5.96. The van der Waals surface area contributed by atoms with E-state index in [9.17, 15) is 4.79 Å². The molecule has 1 unspecified atom stereocenters. The Morgan fingerprint density at radius 3 is 3.00 bits per heavy atom. The van der Waals surface area contributed by atoms with Crippen LogP contribution in [0, 0.1) is 13.8 Å². The van der Waals surface area contributed by atoms with Crippen LogP contribution in [0.2, 0.25) is 5.02 Å². The molecule has 2 aromatic heterocycles. The molecule has 1 aliphatic rings. The lowest BCUT2D eigenvalue weighted by atomic mass is 10.0. The van der Waals surface area contributed by atoms with Gasteiger partial charge in [0.2, 0.25) is 5.91 Å². The minimum absolute atomic E-state index is 0.132. The summed E-state index contributed by atoms with van der Waals surface area (Å²) in [5, 5.41) is 18.1. The van der Waals surface area contributed by atoms with E-state index in [0.717, 1.165) is 42.3 Å². The van der Waals surface area contributed by atoms with Crippen LogP contribution in [0.4, 0.5) is 5.69 Å². The lowest BCUT2D eigenvalue weighted by Gasteiger charge is -2.10. The number of amides is 1. The van der Waals surface area contributed by atoms with Crippen molar-refractivity contribution in [1.29, 1.82) is 0 Å². The summed E-state index contributed by atoms with van der Waals surface area (Å²) < 4.78 is 1.61. The van der Waals surface area contributed by atoms with Gasteiger partial charge in [-0.15, -0.1) is 0 Å². The zero-order valence-corrected chi connectivity index (χ0v) is 13.4. The first-order valence-electron chi connectivity index (χ1n) is 7.29. The number of nitrogens with one attached hydrogen (secondary N) is 3. The monoisotopic (exact) mass is 322 g/mol. The number of aromatic nitrogens is 4. The van der Waals surface area contributed by atoms with Crippen molar-refractivity contribution in [1.82, 2.24) is 25.3 Å². The van der Waals surface area contributed by atoms with Crippen molar-refractivity contribution in [3.8, 4) is 0 Å². The Kier molecular flexibility index (Phi) is 4.17. The third-order valence-electron chi connectivity index (χ3n) is 4.00. The van der Waals surface area contributed by atoms with E-state index in [4.69, 9.17) is 11.6 Å². The van der Waals surface area contributed by atoms with Crippen LogP contribution in [0.15, 0.2) is 6.20 Å². The number of aromatic amines is 1. The molecule has 3 N–H and O–H groups in total. The molecule has 1 aliphatic heterocycles. The maximum atomic E-state index is 12.2. The molecule has 1 fully saturated rings. The van der Waals surface area contributed by atoms with Crippen LogP contribution in [-0.4, -0.2) is 39.0 Å². The largest absolute Gasteiger partial charge is 0.322 e. The van der Waals surface area contributed by atoms with Gasteiger partial charge in [0.15, 0.2) is 0 Å². The predicted molar refractivity (Wildman–Crippen MR) is 84.2 cm³/mol. The van der Waals surface area contributed by atoms with E-state index < -0.39 is 0 Å². The number of hydrogen-bond acceptors (Lipinski definition) is 4. The summed E-state index contributed by atoms with van der Waals surface area (Å²) in [4.78, 5) is 12.2. The summed E-state index contributed by atoms with van der Waals surface area (Å²) >= 11 is 6.10. The smallest absolute Gasteiger partial charge is 0.246 e. The van der Waals surface area contributed by atoms with Crippen LogP contribution >= 0.6 is 11.6 Å². The molecule has 2 aromatic rings. The van der Waals surface area contributed by atoms with Gasteiger partial charge >= 0.3 is 0 Å². The Morgan fingerprint density at radius 1 is 1.55 bits per heavy atom. The Balaban J connectivity index is 1.69. The molecule has 0 spiro atoms. The van der Waals surface area contributed by atoms with E-state index in [-0.39, 0.29) is 12.5 Å². The molecule has 22 heavy (non-hydrogen) atoms. The van der Waals surface area contributed by atoms with Crippen molar-refractivity contribution in [2.24, 2.45) is 0 Å². The summed E-state index contributed by atoms with van der Waals surface area (Å²) in [6.45, 7) is 5.69. The zero-order chi connectivity index (χ0) is 15.7. The third-order valence-corrected chi connectivity index (χ3v) is 4.55. The van der Waals surface area contributed by atoms with E-state index in [1.54, 1.807) is 10.9 Å². The van der Waals surface area contributed by atoms with Gasteiger partial charge in [0.1, 0.15) is 6.54 Å². The van der Waals surface area contributed by atoms with Gasteiger partial charge in [-0.05, 0) is 26.8 Å². The number of aryl methyl sites for hydroxylation is 1. The first-order valence-corrected chi connectivity index (χ1v) is 7.67. The molecule has 0 aromatic carbocycles. The molecule has 1 atom stereocenters. The summed E-state index contributed by atoms with van der Waals surface area (Å²) in [6, 6.07) is 0. The van der Waals surface area contributed by atoms with Crippen LogP contribution in [0.3, 0.4) is 0 Å². The molecule has 0 radical (unpaired) electrons. The van der Waals surface area contributed by atoms with Gasteiger partial charge < -0.3 is 10.6 Å². The van der Waals surface area contributed by atoms with Gasteiger partial charge in [-0.3, -0.25) is 14.6 Å². The van der Waals surface area contributed by atoms with Gasteiger partial charge in [-0.2, -0.15) is 10.2 Å². The molecular weight excluding hydrogens is 304 g/mol. The van der Waals surface area contributed by atoms with Crippen LogP contribution in [0.5, 0.6) is 0 Å². The van der Waals surface area contributed by atoms with Crippen molar-refractivity contribution in [2.45, 2.75) is 32.7 Å². The zero-order valence-electron chi connectivity index (χ0n) is 12.6. The minimum atomic E-state index is -0.143. The lowest BCUT2D eigenvalue weighted by Crippen LogP contribution is -2.21. The van der Waals surface area contributed by atoms with E-state index in [1.807, 2.05) is 13.8 Å². The van der Waals surface area contributed by atoms with E-state index in [0.29, 0.717) is 10.9 Å². The highest BCUT2D eigenvalue weighted by Crippen LogP contribution is 2.27. The van der Waals surface area contributed by atoms with Crippen molar-refractivity contribution in [3.05, 3.63) is 28.3 Å². The highest BCUT2D eigenvalue weighted by Gasteiger charge is 2.22. The fourth-order valence-electron chi connectivity index (χ4n) is 2.76. The van der Waals surface area contributed by atoms with Crippen LogP contribution in [0.25, 0.3) is 0 Å². The Morgan fingerprint density at radius 2 is 2.36 bits per heavy atom. The molecule has 8 heteroatoms. The van der Waals surface area contributed by atoms with Crippen molar-refractivity contribution in [3.63, 3.8) is 0 Å². The maximum Gasteiger partial charge on any atom is 0.246 e. The SMILES string of the molecule is Cc1nn(CC(=O)Nc2cn[nH]c2C2CCNC2)c(C)c1Cl. The summed E-state index contributed by atoms with van der Waals surface area (Å²) in [5.41, 5.74) is 3.24. The third kappa shape index (κ3) is 2.86. The standard InChI is InChI=1S/C14H19ClN6O/c1-8-13(15)9(2)21(20-8)7-12(22)18-11-6-17-19-14(11)10-3-4-16-5-10/h6,10,16H,3-5,7H2,1-2H3,(H,17,19)(H,18,22). The number of nitrogens with zero attached hydrogens (tertiary/aromatic N) is 3. The normalized spacial score (nSPS) is 17.9. The average molecular weight is 323 g/mol. The van der Waals surface area contributed by atoms with Crippen molar-refractivity contribution >= 4 is 23.2 Å². The number of halogens is 1. The Hall–Kier alpha value is -1.86. The Labute approximate surface area is 133 Å². The number of H-pyrrole nitrogens is 1. The second-order valence-electron chi connectivity index (χ2n) is 5.58. The van der Waals surface area contributed by atoms with Gasteiger partial charge in [-0.1, -0.05) is 11.6 Å². The van der Waals surface area contributed by atoms with Crippen LogP contribution in [-0.2, 0) is 11.3 Å². The van der Waals surface area contributed by atoms with Crippen molar-refractivity contribution < 1.29 is 4.79 Å². The van der Waals surface area contributed by atoms with Crippen LogP contribution < -0.4 is 10.6 Å². The Bertz CT molecular complexity index is 686. The first-order chi connectivity index (χ1) is 10.6. The number of anilines is 1. The molecular formula is C14H19ClN6O. The van der Waals surface area contributed by atoms with Gasteiger partial charge in [0.25, 0.3) is 0 Å².